The average molecular weight is 378 g/mol. The maximum atomic E-state index is 12.6. The molecule has 0 unspecified atom stereocenters. The topological polar surface area (TPSA) is 69.7 Å². The van der Waals surface area contributed by atoms with E-state index in [9.17, 15) is 13.2 Å². The van der Waals surface area contributed by atoms with Crippen LogP contribution >= 0.6 is 0 Å². The fourth-order valence-electron chi connectivity index (χ4n) is 4.08. The summed E-state index contributed by atoms with van der Waals surface area (Å²) >= 11 is 0. The van der Waals surface area contributed by atoms with Crippen LogP contribution in [0.3, 0.4) is 0 Å². The average Bonchev–Trinajstić information content (AvgIpc) is 3.21. The second-order valence-corrected chi connectivity index (χ2v) is 9.37. The van der Waals surface area contributed by atoms with Crippen molar-refractivity contribution in [3.63, 3.8) is 0 Å². The molecule has 7 heteroatoms. The molecule has 2 fully saturated rings. The highest BCUT2D eigenvalue weighted by Gasteiger charge is 2.33. The van der Waals surface area contributed by atoms with Gasteiger partial charge in [-0.15, -0.1) is 0 Å². The van der Waals surface area contributed by atoms with Crippen LogP contribution in [0, 0.1) is 5.92 Å². The van der Waals surface area contributed by atoms with E-state index in [1.165, 1.54) is 12.8 Å². The van der Waals surface area contributed by atoms with Gasteiger partial charge in [-0.25, -0.2) is 13.1 Å². The first-order valence-electron chi connectivity index (χ1n) is 9.71. The molecule has 26 heavy (non-hydrogen) atoms. The third-order valence-electron chi connectivity index (χ3n) is 5.90. The highest BCUT2D eigenvalue weighted by Crippen LogP contribution is 2.35. The van der Waals surface area contributed by atoms with Crippen LogP contribution in [0.4, 0.5) is 5.69 Å². The molecule has 2 aliphatic heterocycles. The Labute approximate surface area is 155 Å². The number of benzene rings is 1. The van der Waals surface area contributed by atoms with Crippen LogP contribution in [0.5, 0.6) is 0 Å². The predicted octanol–water partition coefficient (Wildman–Crippen LogP) is 1.75. The SMILES string of the molecule is O=C(C1CCC1)N1CCc2cc(S(=O)(=O)NCCN3CCCC3)ccc21. The van der Waals surface area contributed by atoms with Crippen molar-refractivity contribution in [2.24, 2.45) is 5.92 Å². The van der Waals surface area contributed by atoms with Gasteiger partial charge in [-0.3, -0.25) is 4.79 Å². The van der Waals surface area contributed by atoms with Gasteiger partial charge in [0.2, 0.25) is 15.9 Å². The lowest BCUT2D eigenvalue weighted by Gasteiger charge is -2.29. The summed E-state index contributed by atoms with van der Waals surface area (Å²) < 4.78 is 27.9. The normalized spacial score (nSPS) is 21.0. The lowest BCUT2D eigenvalue weighted by atomic mass is 9.84. The van der Waals surface area contributed by atoms with Gasteiger partial charge >= 0.3 is 0 Å². The van der Waals surface area contributed by atoms with Crippen molar-refractivity contribution < 1.29 is 13.2 Å². The molecule has 6 nitrogen and oxygen atoms in total. The van der Waals surface area contributed by atoms with Crippen molar-refractivity contribution in [1.82, 2.24) is 9.62 Å². The number of carbonyl (C=O) groups excluding carboxylic acids is 1. The van der Waals surface area contributed by atoms with E-state index in [2.05, 4.69) is 9.62 Å². The summed E-state index contributed by atoms with van der Waals surface area (Å²) in [5.74, 6) is 0.367. The molecule has 1 saturated carbocycles. The first kappa shape index (κ1) is 17.9. The summed E-state index contributed by atoms with van der Waals surface area (Å²) in [5.41, 5.74) is 1.85. The summed E-state index contributed by atoms with van der Waals surface area (Å²) in [4.78, 5) is 17.0. The van der Waals surface area contributed by atoms with Gasteiger partial charge in [-0.05, 0) is 69.0 Å². The van der Waals surface area contributed by atoms with E-state index in [0.717, 1.165) is 56.6 Å². The summed E-state index contributed by atoms with van der Waals surface area (Å²) in [5, 5.41) is 0. The number of carbonyl (C=O) groups is 1. The third-order valence-corrected chi connectivity index (χ3v) is 7.35. The van der Waals surface area contributed by atoms with Crippen molar-refractivity contribution in [1.29, 1.82) is 0 Å². The van der Waals surface area contributed by atoms with Crippen LogP contribution in [0.15, 0.2) is 23.1 Å². The number of hydrogen-bond acceptors (Lipinski definition) is 4. The second kappa shape index (κ2) is 7.29. The van der Waals surface area contributed by atoms with Gasteiger partial charge in [0.25, 0.3) is 0 Å². The van der Waals surface area contributed by atoms with Crippen LogP contribution in [0.25, 0.3) is 0 Å². The fourth-order valence-corrected chi connectivity index (χ4v) is 5.15. The molecule has 1 aromatic rings. The molecule has 1 saturated heterocycles. The number of hydrogen-bond donors (Lipinski definition) is 1. The Bertz CT molecular complexity index is 783. The Morgan fingerprint density at radius 2 is 1.88 bits per heavy atom. The van der Waals surface area contributed by atoms with E-state index >= 15 is 0 Å². The van der Waals surface area contributed by atoms with Crippen molar-refractivity contribution in [3.8, 4) is 0 Å². The minimum atomic E-state index is -3.50. The number of amides is 1. The number of anilines is 1. The number of rotatable bonds is 6. The summed E-state index contributed by atoms with van der Waals surface area (Å²) in [6.07, 6.45) is 6.24. The summed E-state index contributed by atoms with van der Waals surface area (Å²) in [7, 11) is -3.50. The molecule has 0 radical (unpaired) electrons. The first-order chi connectivity index (χ1) is 12.5. The van der Waals surface area contributed by atoms with E-state index in [1.807, 2.05) is 4.90 Å². The maximum absolute atomic E-state index is 12.6. The van der Waals surface area contributed by atoms with E-state index in [-0.39, 0.29) is 11.8 Å². The smallest absolute Gasteiger partial charge is 0.240 e. The number of likely N-dealkylation sites (tertiary alicyclic amines) is 1. The van der Waals surface area contributed by atoms with Crippen LogP contribution in [-0.2, 0) is 21.2 Å². The van der Waals surface area contributed by atoms with E-state index < -0.39 is 10.0 Å². The second-order valence-electron chi connectivity index (χ2n) is 7.60. The Hall–Kier alpha value is -1.44. The molecular weight excluding hydrogens is 350 g/mol. The number of fused-ring (bicyclic) bond motifs is 1. The zero-order valence-electron chi connectivity index (χ0n) is 15.1. The van der Waals surface area contributed by atoms with Gasteiger partial charge in [-0.1, -0.05) is 6.42 Å². The molecule has 142 valence electrons. The molecule has 1 amide bonds. The molecule has 1 aromatic carbocycles. The zero-order chi connectivity index (χ0) is 18.1. The van der Waals surface area contributed by atoms with Crippen molar-refractivity contribution in [2.75, 3.05) is 37.6 Å². The Kier molecular flexibility index (Phi) is 5.03. The van der Waals surface area contributed by atoms with Crippen molar-refractivity contribution in [2.45, 2.75) is 43.4 Å². The van der Waals surface area contributed by atoms with Gasteiger partial charge in [0.1, 0.15) is 0 Å². The van der Waals surface area contributed by atoms with Gasteiger partial charge in [0.05, 0.1) is 4.90 Å². The maximum Gasteiger partial charge on any atom is 0.240 e. The van der Waals surface area contributed by atoms with Crippen LogP contribution < -0.4 is 9.62 Å². The molecule has 3 aliphatic rings. The fraction of sp³-hybridized carbons (Fsp3) is 0.632. The van der Waals surface area contributed by atoms with Gasteiger partial charge in [0, 0.05) is 31.2 Å². The minimum absolute atomic E-state index is 0.164. The molecule has 0 atom stereocenters. The Morgan fingerprint density at radius 3 is 2.58 bits per heavy atom. The molecule has 0 spiro atoms. The molecular formula is C19H27N3O3S. The molecule has 4 rings (SSSR count). The highest BCUT2D eigenvalue weighted by atomic mass is 32.2. The lowest BCUT2D eigenvalue weighted by molar-refractivity contribution is -0.124. The largest absolute Gasteiger partial charge is 0.312 e. The van der Waals surface area contributed by atoms with Gasteiger partial charge in [0.15, 0.2) is 0 Å². The quantitative estimate of drug-likeness (QED) is 0.820. The van der Waals surface area contributed by atoms with Gasteiger partial charge in [-0.2, -0.15) is 0 Å². The lowest BCUT2D eigenvalue weighted by Crippen LogP contribution is -2.37. The van der Waals surface area contributed by atoms with E-state index in [0.29, 0.717) is 18.0 Å². The standard InChI is InChI=1S/C19H27N3O3S/c23-19(15-4-3-5-15)22-12-8-16-14-17(6-7-18(16)22)26(24,25)20-9-13-21-10-1-2-11-21/h6-7,14-15,20H,1-5,8-13H2. The van der Waals surface area contributed by atoms with Gasteiger partial charge < -0.3 is 9.80 Å². The van der Waals surface area contributed by atoms with E-state index in [1.54, 1.807) is 18.2 Å². The van der Waals surface area contributed by atoms with Crippen LogP contribution in [-0.4, -0.2) is 51.9 Å². The zero-order valence-corrected chi connectivity index (χ0v) is 15.9. The summed E-state index contributed by atoms with van der Waals surface area (Å²) in [6, 6.07) is 5.17. The minimum Gasteiger partial charge on any atom is -0.312 e. The number of nitrogens with zero attached hydrogens (tertiary/aromatic N) is 2. The van der Waals surface area contributed by atoms with Crippen LogP contribution in [0.1, 0.15) is 37.7 Å². The first-order valence-corrected chi connectivity index (χ1v) is 11.2. The molecule has 1 aliphatic carbocycles. The Morgan fingerprint density at radius 1 is 1.12 bits per heavy atom. The van der Waals surface area contributed by atoms with E-state index in [4.69, 9.17) is 0 Å². The predicted molar refractivity (Wildman–Crippen MR) is 101 cm³/mol. The monoisotopic (exact) mass is 377 g/mol. The van der Waals surface area contributed by atoms with Crippen LogP contribution in [0.2, 0.25) is 0 Å². The summed E-state index contributed by atoms with van der Waals surface area (Å²) in [6.45, 7) is 3.98. The Balaban J connectivity index is 1.42. The van der Waals surface area contributed by atoms with Crippen molar-refractivity contribution >= 4 is 21.6 Å². The third kappa shape index (κ3) is 3.52. The molecule has 2 heterocycles. The number of sulfonamides is 1. The number of nitrogens with one attached hydrogen (secondary N) is 1. The molecule has 1 N–H and O–H groups in total. The molecule has 0 aromatic heterocycles. The molecule has 0 bridgehead atoms. The highest BCUT2D eigenvalue weighted by molar-refractivity contribution is 7.89. The van der Waals surface area contributed by atoms with Crippen molar-refractivity contribution in [3.05, 3.63) is 23.8 Å².